The lowest BCUT2D eigenvalue weighted by Gasteiger charge is -2.43. The molecule has 0 aliphatic carbocycles. The van der Waals surface area contributed by atoms with Crippen LogP contribution in [0.2, 0.25) is 0 Å². The second-order valence-corrected chi connectivity index (χ2v) is 5.11. The van der Waals surface area contributed by atoms with Gasteiger partial charge in [0.1, 0.15) is 5.75 Å². The lowest BCUT2D eigenvalue weighted by atomic mass is 9.82. The van der Waals surface area contributed by atoms with E-state index in [4.69, 9.17) is 14.2 Å². The van der Waals surface area contributed by atoms with E-state index in [2.05, 4.69) is 24.4 Å². The summed E-state index contributed by atoms with van der Waals surface area (Å²) in [6, 6.07) is 8.34. The van der Waals surface area contributed by atoms with Gasteiger partial charge in [-0.1, -0.05) is 12.1 Å². The number of benzene rings is 1. The molecule has 4 nitrogen and oxygen atoms in total. The molecule has 1 aromatic rings. The van der Waals surface area contributed by atoms with E-state index in [9.17, 15) is 0 Å². The fourth-order valence-corrected chi connectivity index (χ4v) is 3.08. The lowest BCUT2D eigenvalue weighted by molar-refractivity contribution is -0.127. The smallest absolute Gasteiger partial charge is 0.119 e. The third-order valence-electron chi connectivity index (χ3n) is 4.01. The van der Waals surface area contributed by atoms with Crippen LogP contribution in [0.15, 0.2) is 24.3 Å². The summed E-state index contributed by atoms with van der Waals surface area (Å²) < 4.78 is 17.0. The van der Waals surface area contributed by atoms with Crippen LogP contribution < -0.4 is 10.1 Å². The zero-order chi connectivity index (χ0) is 14.4. The van der Waals surface area contributed by atoms with E-state index < -0.39 is 0 Å². The standard InChI is InChI=1S/C16H25NO3/c1-4-20-16(8-10-19-11-9-16)15(17-2)13-6-5-7-14(12-13)18-3/h5-7,12,15,17H,4,8-11H2,1-3H3. The first-order valence-electron chi connectivity index (χ1n) is 7.28. The Balaban J connectivity index is 2.31. The Kier molecular flexibility index (Phi) is 5.40. The normalized spacial score (nSPS) is 19.6. The largest absolute Gasteiger partial charge is 0.497 e. The highest BCUT2D eigenvalue weighted by Crippen LogP contribution is 2.38. The van der Waals surface area contributed by atoms with Gasteiger partial charge in [-0.15, -0.1) is 0 Å². The quantitative estimate of drug-likeness (QED) is 0.868. The van der Waals surface area contributed by atoms with Crippen molar-refractivity contribution in [3.63, 3.8) is 0 Å². The number of nitrogens with one attached hydrogen (secondary N) is 1. The van der Waals surface area contributed by atoms with Crippen LogP contribution in [-0.2, 0) is 9.47 Å². The molecule has 0 bridgehead atoms. The van der Waals surface area contributed by atoms with Crippen molar-refractivity contribution in [2.75, 3.05) is 34.0 Å². The number of methoxy groups -OCH3 is 1. The zero-order valence-electron chi connectivity index (χ0n) is 12.6. The maximum atomic E-state index is 6.17. The van der Waals surface area contributed by atoms with Gasteiger partial charge in [0.25, 0.3) is 0 Å². The number of rotatable bonds is 6. The van der Waals surface area contributed by atoms with Crippen molar-refractivity contribution in [3.8, 4) is 5.75 Å². The van der Waals surface area contributed by atoms with E-state index in [0.29, 0.717) is 6.61 Å². The highest BCUT2D eigenvalue weighted by Gasteiger charge is 2.41. The average Bonchev–Trinajstić information content (AvgIpc) is 2.49. The van der Waals surface area contributed by atoms with Gasteiger partial charge in [0, 0.05) is 32.7 Å². The molecule has 1 aliphatic heterocycles. The van der Waals surface area contributed by atoms with Crippen LogP contribution in [0.1, 0.15) is 31.4 Å². The summed E-state index contributed by atoms with van der Waals surface area (Å²) in [7, 11) is 3.68. The molecule has 2 rings (SSSR count). The monoisotopic (exact) mass is 279 g/mol. The second-order valence-electron chi connectivity index (χ2n) is 5.11. The molecule has 1 heterocycles. The lowest BCUT2D eigenvalue weighted by Crippen LogP contribution is -2.49. The molecule has 1 aliphatic rings. The predicted molar refractivity (Wildman–Crippen MR) is 79.2 cm³/mol. The van der Waals surface area contributed by atoms with Gasteiger partial charge < -0.3 is 19.5 Å². The average molecular weight is 279 g/mol. The summed E-state index contributed by atoms with van der Waals surface area (Å²) in [5, 5.41) is 3.43. The molecule has 0 amide bonds. The van der Waals surface area contributed by atoms with E-state index >= 15 is 0 Å². The van der Waals surface area contributed by atoms with Crippen molar-refractivity contribution >= 4 is 0 Å². The van der Waals surface area contributed by atoms with Gasteiger partial charge >= 0.3 is 0 Å². The third-order valence-corrected chi connectivity index (χ3v) is 4.01. The first-order chi connectivity index (χ1) is 9.75. The maximum absolute atomic E-state index is 6.17. The minimum atomic E-state index is -0.200. The van der Waals surface area contributed by atoms with Crippen LogP contribution in [0.4, 0.5) is 0 Å². The molecule has 0 saturated carbocycles. The molecular weight excluding hydrogens is 254 g/mol. The van der Waals surface area contributed by atoms with Crippen molar-refractivity contribution < 1.29 is 14.2 Å². The number of hydrogen-bond donors (Lipinski definition) is 1. The fraction of sp³-hybridized carbons (Fsp3) is 0.625. The molecule has 1 fully saturated rings. The predicted octanol–water partition coefficient (Wildman–Crippen LogP) is 2.54. The Morgan fingerprint density at radius 3 is 2.70 bits per heavy atom. The SMILES string of the molecule is CCOC1(C(NC)c2cccc(OC)c2)CCOCC1. The number of hydrogen-bond acceptors (Lipinski definition) is 4. The van der Waals surface area contributed by atoms with Crippen LogP contribution in [0.5, 0.6) is 5.75 Å². The third kappa shape index (κ3) is 3.14. The van der Waals surface area contributed by atoms with Crippen molar-refractivity contribution in [3.05, 3.63) is 29.8 Å². The molecule has 1 unspecified atom stereocenters. The summed E-state index contributed by atoms with van der Waals surface area (Å²) in [5.74, 6) is 0.876. The van der Waals surface area contributed by atoms with Crippen molar-refractivity contribution in [1.29, 1.82) is 0 Å². The Morgan fingerprint density at radius 2 is 2.10 bits per heavy atom. The second kappa shape index (κ2) is 7.07. The Bertz CT molecular complexity index is 410. The highest BCUT2D eigenvalue weighted by atomic mass is 16.5. The van der Waals surface area contributed by atoms with E-state index in [0.717, 1.165) is 31.8 Å². The van der Waals surface area contributed by atoms with Crippen molar-refractivity contribution in [2.24, 2.45) is 0 Å². The van der Waals surface area contributed by atoms with Crippen molar-refractivity contribution in [2.45, 2.75) is 31.4 Å². The van der Waals surface area contributed by atoms with Crippen LogP contribution in [0.3, 0.4) is 0 Å². The van der Waals surface area contributed by atoms with Gasteiger partial charge in [-0.2, -0.15) is 0 Å². The van der Waals surface area contributed by atoms with Crippen LogP contribution in [0, 0.1) is 0 Å². The summed E-state index contributed by atoms with van der Waals surface area (Å²) in [6.45, 7) is 4.27. The Hall–Kier alpha value is -1.10. The molecule has 1 saturated heterocycles. The van der Waals surface area contributed by atoms with Gasteiger partial charge in [0.15, 0.2) is 0 Å². The van der Waals surface area contributed by atoms with Crippen LogP contribution >= 0.6 is 0 Å². The molecule has 1 aromatic carbocycles. The van der Waals surface area contributed by atoms with E-state index in [1.54, 1.807) is 7.11 Å². The molecule has 1 N–H and O–H groups in total. The van der Waals surface area contributed by atoms with Gasteiger partial charge in [0.05, 0.1) is 18.8 Å². The van der Waals surface area contributed by atoms with Gasteiger partial charge in [-0.25, -0.2) is 0 Å². The highest BCUT2D eigenvalue weighted by molar-refractivity contribution is 5.32. The Morgan fingerprint density at radius 1 is 1.35 bits per heavy atom. The fourth-order valence-electron chi connectivity index (χ4n) is 3.08. The maximum Gasteiger partial charge on any atom is 0.119 e. The van der Waals surface area contributed by atoms with Crippen molar-refractivity contribution in [1.82, 2.24) is 5.32 Å². The molecule has 112 valence electrons. The first kappa shape index (κ1) is 15.3. The summed E-state index contributed by atoms with van der Waals surface area (Å²) in [6.07, 6.45) is 1.81. The molecule has 1 atom stereocenters. The van der Waals surface area contributed by atoms with Gasteiger partial charge in [-0.3, -0.25) is 0 Å². The molecule has 0 radical (unpaired) electrons. The zero-order valence-corrected chi connectivity index (χ0v) is 12.6. The molecule has 0 aromatic heterocycles. The topological polar surface area (TPSA) is 39.7 Å². The summed E-state index contributed by atoms with van der Waals surface area (Å²) >= 11 is 0. The summed E-state index contributed by atoms with van der Waals surface area (Å²) in [4.78, 5) is 0. The molecule has 0 spiro atoms. The minimum absolute atomic E-state index is 0.140. The minimum Gasteiger partial charge on any atom is -0.497 e. The van der Waals surface area contributed by atoms with E-state index in [1.165, 1.54) is 5.56 Å². The molecular formula is C16H25NO3. The Labute approximate surface area is 121 Å². The van der Waals surface area contributed by atoms with E-state index in [-0.39, 0.29) is 11.6 Å². The van der Waals surface area contributed by atoms with Crippen LogP contribution in [-0.4, -0.2) is 39.6 Å². The molecule has 4 heteroatoms. The number of likely N-dealkylation sites (N-methyl/N-ethyl adjacent to an activating group) is 1. The van der Waals surface area contributed by atoms with Gasteiger partial charge in [0.2, 0.25) is 0 Å². The van der Waals surface area contributed by atoms with Gasteiger partial charge in [-0.05, 0) is 31.7 Å². The van der Waals surface area contributed by atoms with E-state index in [1.807, 2.05) is 19.2 Å². The van der Waals surface area contributed by atoms with Crippen LogP contribution in [0.25, 0.3) is 0 Å². The first-order valence-corrected chi connectivity index (χ1v) is 7.28. The number of ether oxygens (including phenoxy) is 3. The summed E-state index contributed by atoms with van der Waals surface area (Å²) in [5.41, 5.74) is 0.996. The molecule has 20 heavy (non-hydrogen) atoms.